The number of amides is 2. The summed E-state index contributed by atoms with van der Waals surface area (Å²) < 4.78 is 4.97. The fraction of sp³-hybridized carbons (Fsp3) is 0.533. The van der Waals surface area contributed by atoms with E-state index in [1.165, 1.54) is 0 Å². The summed E-state index contributed by atoms with van der Waals surface area (Å²) in [4.78, 5) is 13.7. The predicted octanol–water partition coefficient (Wildman–Crippen LogP) is 3.09. The molecule has 0 bridgehead atoms. The molecule has 1 N–H and O–H groups in total. The van der Waals surface area contributed by atoms with Crippen molar-refractivity contribution in [3.63, 3.8) is 0 Å². The molecule has 0 spiro atoms. The normalized spacial score (nSPS) is 11.2. The van der Waals surface area contributed by atoms with Crippen molar-refractivity contribution in [2.24, 2.45) is 0 Å². The van der Waals surface area contributed by atoms with Crippen LogP contribution in [0.3, 0.4) is 0 Å². The zero-order chi connectivity index (χ0) is 14.5. The van der Waals surface area contributed by atoms with Gasteiger partial charge in [-0.2, -0.15) is 0 Å². The number of nitrogens with zero attached hydrogens (tertiary/aromatic N) is 1. The molecule has 1 rings (SSSR count). The Bertz CT molecular complexity index is 424. The molecule has 4 heteroatoms. The van der Waals surface area contributed by atoms with Gasteiger partial charge in [-0.15, -0.1) is 0 Å². The topological polar surface area (TPSA) is 41.6 Å². The second-order valence-corrected chi connectivity index (χ2v) is 5.64. The zero-order valence-corrected chi connectivity index (χ0v) is 12.5. The van der Waals surface area contributed by atoms with Crippen molar-refractivity contribution in [2.45, 2.75) is 26.2 Å². The molecular weight excluding hydrogens is 240 g/mol. The summed E-state index contributed by atoms with van der Waals surface area (Å²) in [7, 11) is 3.38. The molecule has 106 valence electrons. The molecule has 0 saturated heterocycles. The summed E-state index contributed by atoms with van der Waals surface area (Å²) in [5.41, 5.74) is 1.99. The predicted molar refractivity (Wildman–Crippen MR) is 78.7 cm³/mol. The van der Waals surface area contributed by atoms with Crippen molar-refractivity contribution in [2.75, 3.05) is 32.6 Å². The number of methoxy groups -OCH3 is 1. The minimum absolute atomic E-state index is 0.00499. The van der Waals surface area contributed by atoms with E-state index in [4.69, 9.17) is 4.74 Å². The van der Waals surface area contributed by atoms with Crippen LogP contribution in [0.1, 0.15) is 26.3 Å². The van der Waals surface area contributed by atoms with E-state index in [2.05, 4.69) is 26.1 Å². The van der Waals surface area contributed by atoms with Crippen molar-refractivity contribution in [1.82, 2.24) is 4.90 Å². The number of likely N-dealkylation sites (N-methyl/N-ethyl adjacent to an activating group) is 1. The van der Waals surface area contributed by atoms with E-state index in [9.17, 15) is 4.79 Å². The third-order valence-electron chi connectivity index (χ3n) is 2.95. The van der Waals surface area contributed by atoms with Crippen LogP contribution in [0.15, 0.2) is 24.3 Å². The van der Waals surface area contributed by atoms with E-state index >= 15 is 0 Å². The number of anilines is 1. The molecule has 19 heavy (non-hydrogen) atoms. The Hall–Kier alpha value is -1.55. The molecule has 0 saturated carbocycles. The Morgan fingerprint density at radius 3 is 2.53 bits per heavy atom. The van der Waals surface area contributed by atoms with Gasteiger partial charge in [-0.05, 0) is 17.0 Å². The number of nitrogens with one attached hydrogen (secondary N) is 1. The van der Waals surface area contributed by atoms with Gasteiger partial charge in [-0.1, -0.05) is 39.0 Å². The van der Waals surface area contributed by atoms with Crippen LogP contribution in [0.4, 0.5) is 10.5 Å². The molecule has 0 unspecified atom stereocenters. The molecule has 2 amide bonds. The first-order valence-electron chi connectivity index (χ1n) is 6.47. The highest BCUT2D eigenvalue weighted by molar-refractivity contribution is 5.90. The van der Waals surface area contributed by atoms with Gasteiger partial charge in [-0.3, -0.25) is 0 Å². The highest BCUT2D eigenvalue weighted by Gasteiger charge is 2.19. The third kappa shape index (κ3) is 4.56. The van der Waals surface area contributed by atoms with Crippen LogP contribution in [0.5, 0.6) is 0 Å². The highest BCUT2D eigenvalue weighted by Crippen LogP contribution is 2.29. The minimum Gasteiger partial charge on any atom is -0.383 e. The quantitative estimate of drug-likeness (QED) is 0.908. The number of hydrogen-bond acceptors (Lipinski definition) is 2. The molecule has 4 nitrogen and oxygen atoms in total. The molecule has 1 aromatic rings. The minimum atomic E-state index is -0.117. The van der Waals surface area contributed by atoms with Crippen LogP contribution >= 0.6 is 0 Å². The fourth-order valence-electron chi connectivity index (χ4n) is 1.79. The fourth-order valence-corrected chi connectivity index (χ4v) is 1.79. The largest absolute Gasteiger partial charge is 0.383 e. The standard InChI is InChI=1S/C15H24N2O2/c1-15(2,3)12-8-6-7-9-13(12)16-14(18)17(4)10-11-19-5/h6-9H,10-11H2,1-5H3,(H,16,18). The van der Waals surface area contributed by atoms with Gasteiger partial charge >= 0.3 is 6.03 Å². The van der Waals surface area contributed by atoms with Crippen molar-refractivity contribution >= 4 is 11.7 Å². The van der Waals surface area contributed by atoms with Crippen LogP contribution in [0, 0.1) is 0 Å². The Balaban J connectivity index is 2.80. The Labute approximate surface area is 115 Å². The van der Waals surface area contributed by atoms with Crippen LogP contribution in [-0.4, -0.2) is 38.2 Å². The Morgan fingerprint density at radius 2 is 1.95 bits per heavy atom. The number of carbonyl (C=O) groups excluding carboxylic acids is 1. The first-order valence-corrected chi connectivity index (χ1v) is 6.47. The van der Waals surface area contributed by atoms with Crippen molar-refractivity contribution in [3.05, 3.63) is 29.8 Å². The molecule has 0 atom stereocenters. The molecule has 0 radical (unpaired) electrons. The second kappa shape index (κ2) is 6.57. The van der Waals surface area contributed by atoms with E-state index in [1.807, 2.05) is 24.3 Å². The number of benzene rings is 1. The average molecular weight is 264 g/mol. The van der Waals surface area contributed by atoms with Crippen LogP contribution in [-0.2, 0) is 10.2 Å². The van der Waals surface area contributed by atoms with Gasteiger partial charge in [0.1, 0.15) is 0 Å². The summed E-state index contributed by atoms with van der Waals surface area (Å²) >= 11 is 0. The van der Waals surface area contributed by atoms with Crippen molar-refractivity contribution < 1.29 is 9.53 Å². The lowest BCUT2D eigenvalue weighted by Crippen LogP contribution is -2.34. The summed E-state index contributed by atoms with van der Waals surface area (Å²) in [6.45, 7) is 7.50. The number of urea groups is 1. The van der Waals surface area contributed by atoms with Gasteiger partial charge in [0.25, 0.3) is 0 Å². The summed E-state index contributed by atoms with van der Waals surface area (Å²) in [5, 5.41) is 2.96. The monoisotopic (exact) mass is 264 g/mol. The lowest BCUT2D eigenvalue weighted by Gasteiger charge is -2.24. The second-order valence-electron chi connectivity index (χ2n) is 5.64. The first kappa shape index (κ1) is 15.5. The van der Waals surface area contributed by atoms with Crippen molar-refractivity contribution in [1.29, 1.82) is 0 Å². The molecule has 0 aliphatic carbocycles. The van der Waals surface area contributed by atoms with E-state index in [1.54, 1.807) is 19.1 Å². The number of hydrogen-bond donors (Lipinski definition) is 1. The van der Waals surface area contributed by atoms with Gasteiger partial charge in [0, 0.05) is 26.4 Å². The maximum absolute atomic E-state index is 12.1. The third-order valence-corrected chi connectivity index (χ3v) is 2.95. The number of rotatable bonds is 4. The summed E-state index contributed by atoms with van der Waals surface area (Å²) in [6, 6.07) is 7.78. The Morgan fingerprint density at radius 1 is 1.32 bits per heavy atom. The van der Waals surface area contributed by atoms with E-state index < -0.39 is 0 Å². The van der Waals surface area contributed by atoms with E-state index in [-0.39, 0.29) is 11.4 Å². The molecule has 0 heterocycles. The van der Waals surface area contributed by atoms with Crippen LogP contribution in [0.2, 0.25) is 0 Å². The average Bonchev–Trinajstić information content (AvgIpc) is 2.35. The smallest absolute Gasteiger partial charge is 0.321 e. The molecule has 0 fully saturated rings. The number of ether oxygens (including phenoxy) is 1. The first-order chi connectivity index (χ1) is 8.86. The van der Waals surface area contributed by atoms with Gasteiger partial charge in [0.2, 0.25) is 0 Å². The molecule has 0 aliphatic heterocycles. The van der Waals surface area contributed by atoms with Gasteiger partial charge in [0.15, 0.2) is 0 Å². The number of para-hydroxylation sites is 1. The van der Waals surface area contributed by atoms with Gasteiger partial charge < -0.3 is 15.0 Å². The van der Waals surface area contributed by atoms with Crippen molar-refractivity contribution in [3.8, 4) is 0 Å². The molecule has 0 aliphatic rings. The summed E-state index contributed by atoms with van der Waals surface area (Å²) in [5.74, 6) is 0. The number of carbonyl (C=O) groups is 1. The van der Waals surface area contributed by atoms with Crippen LogP contribution < -0.4 is 5.32 Å². The molecular formula is C15H24N2O2. The zero-order valence-electron chi connectivity index (χ0n) is 12.5. The lowest BCUT2D eigenvalue weighted by molar-refractivity contribution is 0.165. The Kier molecular flexibility index (Phi) is 5.36. The van der Waals surface area contributed by atoms with Gasteiger partial charge in [0.05, 0.1) is 6.61 Å². The maximum Gasteiger partial charge on any atom is 0.321 e. The van der Waals surface area contributed by atoms with Crippen LogP contribution in [0.25, 0.3) is 0 Å². The molecule has 1 aromatic carbocycles. The van der Waals surface area contributed by atoms with E-state index in [0.717, 1.165) is 11.3 Å². The lowest BCUT2D eigenvalue weighted by atomic mass is 9.86. The van der Waals surface area contributed by atoms with E-state index in [0.29, 0.717) is 13.2 Å². The molecule has 0 aromatic heterocycles. The maximum atomic E-state index is 12.1. The highest BCUT2D eigenvalue weighted by atomic mass is 16.5. The van der Waals surface area contributed by atoms with Gasteiger partial charge in [-0.25, -0.2) is 4.79 Å². The summed E-state index contributed by atoms with van der Waals surface area (Å²) in [6.07, 6.45) is 0. The SMILES string of the molecule is COCCN(C)C(=O)Nc1ccccc1C(C)(C)C.